The number of hydrogen-bond donors (Lipinski definition) is 1. The van der Waals surface area contributed by atoms with E-state index < -0.39 is 5.41 Å². The maximum Gasteiger partial charge on any atom is 0.229 e. The molecule has 0 radical (unpaired) electrons. The van der Waals surface area contributed by atoms with Crippen LogP contribution in [0.3, 0.4) is 0 Å². The summed E-state index contributed by atoms with van der Waals surface area (Å²) < 4.78 is 0. The van der Waals surface area contributed by atoms with Crippen molar-refractivity contribution in [1.29, 1.82) is 0 Å². The van der Waals surface area contributed by atoms with E-state index in [2.05, 4.69) is 18.2 Å². The first-order valence-electron chi connectivity index (χ1n) is 6.52. The monoisotopic (exact) mass is 246 g/mol. The molecule has 1 aromatic carbocycles. The molecule has 1 unspecified atom stereocenters. The smallest absolute Gasteiger partial charge is 0.229 e. The Hall–Kier alpha value is -1.35. The van der Waals surface area contributed by atoms with Crippen LogP contribution in [0, 0.1) is 5.41 Å². The van der Waals surface area contributed by atoms with Crippen molar-refractivity contribution in [2.24, 2.45) is 11.1 Å². The van der Waals surface area contributed by atoms with Crippen LogP contribution in [0.2, 0.25) is 0 Å². The lowest BCUT2D eigenvalue weighted by Crippen LogP contribution is -2.43. The minimum Gasteiger partial charge on any atom is -0.338 e. The standard InChI is InChI=1S/C15H22N2O/c1-15(2,10-16)14(18)17(3)13-9-8-11-6-4-5-7-12(11)13/h4-7,13H,8-10,16H2,1-3H3. The lowest BCUT2D eigenvalue weighted by molar-refractivity contribution is -0.140. The molecule has 0 saturated carbocycles. The molecule has 3 nitrogen and oxygen atoms in total. The fraction of sp³-hybridized carbons (Fsp3) is 0.533. The molecule has 1 aromatic rings. The fourth-order valence-corrected chi connectivity index (χ4v) is 2.64. The van der Waals surface area contributed by atoms with Gasteiger partial charge < -0.3 is 10.6 Å². The fourth-order valence-electron chi connectivity index (χ4n) is 2.64. The molecular weight excluding hydrogens is 224 g/mol. The van der Waals surface area contributed by atoms with Gasteiger partial charge in [0.25, 0.3) is 0 Å². The van der Waals surface area contributed by atoms with Gasteiger partial charge in [-0.25, -0.2) is 0 Å². The van der Waals surface area contributed by atoms with E-state index in [0.717, 1.165) is 12.8 Å². The van der Waals surface area contributed by atoms with Crippen LogP contribution in [0.5, 0.6) is 0 Å². The Morgan fingerprint density at radius 1 is 1.44 bits per heavy atom. The van der Waals surface area contributed by atoms with Crippen molar-refractivity contribution in [2.75, 3.05) is 13.6 Å². The van der Waals surface area contributed by atoms with E-state index in [1.54, 1.807) is 0 Å². The highest BCUT2D eigenvalue weighted by atomic mass is 16.2. The predicted octanol–water partition coefficient (Wildman–Crippen LogP) is 2.12. The molecule has 0 aliphatic heterocycles. The summed E-state index contributed by atoms with van der Waals surface area (Å²) in [6, 6.07) is 8.60. The minimum absolute atomic E-state index is 0.131. The Bertz CT molecular complexity index is 454. The van der Waals surface area contributed by atoms with Gasteiger partial charge in [-0.15, -0.1) is 0 Å². The molecule has 1 atom stereocenters. The van der Waals surface area contributed by atoms with Crippen molar-refractivity contribution in [3.05, 3.63) is 35.4 Å². The second-order valence-corrected chi connectivity index (χ2v) is 5.76. The first-order chi connectivity index (χ1) is 8.47. The molecule has 18 heavy (non-hydrogen) atoms. The maximum atomic E-state index is 12.4. The van der Waals surface area contributed by atoms with Crippen molar-refractivity contribution in [2.45, 2.75) is 32.7 Å². The lowest BCUT2D eigenvalue weighted by atomic mass is 9.91. The quantitative estimate of drug-likeness (QED) is 0.888. The van der Waals surface area contributed by atoms with Gasteiger partial charge in [-0.05, 0) is 37.8 Å². The van der Waals surface area contributed by atoms with Crippen LogP contribution in [0.4, 0.5) is 0 Å². The predicted molar refractivity (Wildman–Crippen MR) is 73.1 cm³/mol. The summed E-state index contributed by atoms with van der Waals surface area (Å²) in [7, 11) is 1.90. The molecule has 2 rings (SSSR count). The summed E-state index contributed by atoms with van der Waals surface area (Å²) in [5, 5.41) is 0. The zero-order valence-electron chi connectivity index (χ0n) is 11.4. The molecule has 98 valence electrons. The van der Waals surface area contributed by atoms with Crippen LogP contribution >= 0.6 is 0 Å². The van der Waals surface area contributed by atoms with Gasteiger partial charge in [-0.2, -0.15) is 0 Å². The van der Waals surface area contributed by atoms with Gasteiger partial charge in [-0.1, -0.05) is 24.3 Å². The van der Waals surface area contributed by atoms with E-state index in [-0.39, 0.29) is 11.9 Å². The molecule has 3 heteroatoms. The number of fused-ring (bicyclic) bond motifs is 1. The molecule has 0 spiro atoms. The third kappa shape index (κ3) is 2.15. The first-order valence-corrected chi connectivity index (χ1v) is 6.52. The molecule has 0 saturated heterocycles. The van der Waals surface area contributed by atoms with E-state index >= 15 is 0 Å². The van der Waals surface area contributed by atoms with Gasteiger partial charge in [0.15, 0.2) is 0 Å². The SMILES string of the molecule is CN(C(=O)C(C)(C)CN)C1CCc2ccccc21. The molecule has 0 aromatic heterocycles. The zero-order chi connectivity index (χ0) is 13.3. The number of amides is 1. The summed E-state index contributed by atoms with van der Waals surface area (Å²) in [5.41, 5.74) is 7.87. The third-order valence-electron chi connectivity index (χ3n) is 3.98. The Morgan fingerprint density at radius 3 is 2.78 bits per heavy atom. The van der Waals surface area contributed by atoms with Crippen molar-refractivity contribution in [1.82, 2.24) is 4.90 Å². The van der Waals surface area contributed by atoms with Crippen molar-refractivity contribution < 1.29 is 4.79 Å². The molecule has 2 N–H and O–H groups in total. The lowest BCUT2D eigenvalue weighted by Gasteiger charge is -2.32. The summed E-state index contributed by atoms with van der Waals surface area (Å²) in [5.74, 6) is 0.131. The van der Waals surface area contributed by atoms with Crippen LogP contribution in [-0.2, 0) is 11.2 Å². The summed E-state index contributed by atoms with van der Waals surface area (Å²) in [6.45, 7) is 4.20. The Morgan fingerprint density at radius 2 is 2.11 bits per heavy atom. The van der Waals surface area contributed by atoms with Crippen LogP contribution in [0.25, 0.3) is 0 Å². The number of hydrogen-bond acceptors (Lipinski definition) is 2. The van der Waals surface area contributed by atoms with Gasteiger partial charge in [0.1, 0.15) is 0 Å². The van der Waals surface area contributed by atoms with E-state index in [4.69, 9.17) is 5.73 Å². The maximum absolute atomic E-state index is 12.4. The summed E-state index contributed by atoms with van der Waals surface area (Å²) >= 11 is 0. The molecule has 1 aliphatic rings. The second-order valence-electron chi connectivity index (χ2n) is 5.76. The average molecular weight is 246 g/mol. The normalized spacial score (nSPS) is 18.6. The number of nitrogens with two attached hydrogens (primary N) is 1. The van der Waals surface area contributed by atoms with Crippen LogP contribution in [0.15, 0.2) is 24.3 Å². The summed E-state index contributed by atoms with van der Waals surface area (Å²) in [6.07, 6.45) is 2.07. The highest BCUT2D eigenvalue weighted by Crippen LogP contribution is 2.36. The van der Waals surface area contributed by atoms with Crippen molar-refractivity contribution in [3.8, 4) is 0 Å². The molecular formula is C15H22N2O. The van der Waals surface area contributed by atoms with Gasteiger partial charge in [0, 0.05) is 13.6 Å². The van der Waals surface area contributed by atoms with Gasteiger partial charge in [0.05, 0.1) is 11.5 Å². The third-order valence-corrected chi connectivity index (χ3v) is 3.98. The Balaban J connectivity index is 2.22. The van der Waals surface area contributed by atoms with E-state index in [1.165, 1.54) is 11.1 Å². The molecule has 1 amide bonds. The number of aryl methyl sites for hydroxylation is 1. The van der Waals surface area contributed by atoms with Crippen LogP contribution in [0.1, 0.15) is 37.4 Å². The van der Waals surface area contributed by atoms with E-state index in [9.17, 15) is 4.79 Å². The molecule has 0 fully saturated rings. The van der Waals surface area contributed by atoms with Crippen molar-refractivity contribution >= 4 is 5.91 Å². The molecule has 1 aliphatic carbocycles. The Kier molecular flexibility index (Phi) is 3.44. The van der Waals surface area contributed by atoms with Crippen LogP contribution in [-0.4, -0.2) is 24.4 Å². The van der Waals surface area contributed by atoms with E-state index in [0.29, 0.717) is 6.54 Å². The van der Waals surface area contributed by atoms with E-state index in [1.807, 2.05) is 31.9 Å². The first kappa shape index (κ1) is 13.1. The average Bonchev–Trinajstić information content (AvgIpc) is 2.80. The summed E-state index contributed by atoms with van der Waals surface area (Å²) in [4.78, 5) is 14.3. The van der Waals surface area contributed by atoms with Gasteiger partial charge in [0.2, 0.25) is 5.91 Å². The zero-order valence-corrected chi connectivity index (χ0v) is 11.4. The molecule has 0 bridgehead atoms. The Labute approximate surface area is 109 Å². The minimum atomic E-state index is -0.480. The molecule has 0 heterocycles. The van der Waals surface area contributed by atoms with Crippen molar-refractivity contribution in [3.63, 3.8) is 0 Å². The number of nitrogens with zero attached hydrogens (tertiary/aromatic N) is 1. The topological polar surface area (TPSA) is 46.3 Å². The number of carbonyl (C=O) groups excluding carboxylic acids is 1. The largest absolute Gasteiger partial charge is 0.338 e. The van der Waals surface area contributed by atoms with Gasteiger partial charge in [-0.3, -0.25) is 4.79 Å². The van der Waals surface area contributed by atoms with Gasteiger partial charge >= 0.3 is 0 Å². The number of benzene rings is 1. The highest BCUT2D eigenvalue weighted by Gasteiger charge is 2.35. The van der Waals surface area contributed by atoms with Crippen LogP contribution < -0.4 is 5.73 Å². The number of carbonyl (C=O) groups is 1. The highest BCUT2D eigenvalue weighted by molar-refractivity contribution is 5.82. The number of rotatable bonds is 3. The second kappa shape index (κ2) is 4.73.